The third-order valence-electron chi connectivity index (χ3n) is 8.91. The van der Waals surface area contributed by atoms with E-state index in [0.717, 1.165) is 37.0 Å². The van der Waals surface area contributed by atoms with Gasteiger partial charge in [0.1, 0.15) is 0 Å². The number of hydrogen-bond donors (Lipinski definition) is 2. The number of carbonyl (C=O) groups excluding carboxylic acids is 1. The molecule has 1 amide bonds. The first-order valence-corrected chi connectivity index (χ1v) is 12.0. The van der Waals surface area contributed by atoms with Crippen LogP contribution in [0.4, 0.5) is 5.69 Å². The molecule has 5 aliphatic rings. The first kappa shape index (κ1) is 17.3. The summed E-state index contributed by atoms with van der Waals surface area (Å²) in [4.78, 5) is 13.2. The van der Waals surface area contributed by atoms with E-state index in [1.165, 1.54) is 23.2 Å². The third kappa shape index (κ3) is 1.83. The van der Waals surface area contributed by atoms with Crippen LogP contribution in [0.2, 0.25) is 0 Å². The highest BCUT2D eigenvalue weighted by Gasteiger charge is 2.89. The van der Waals surface area contributed by atoms with Gasteiger partial charge in [-0.3, -0.25) is 4.79 Å². The molecule has 6 nitrogen and oxygen atoms in total. The van der Waals surface area contributed by atoms with Gasteiger partial charge in [-0.15, -0.1) is 0 Å². The standard InChI is InChI=1S/C21H27N3O3S/c22-17-2-1-3-18(8-17)28(26,27)24-5-4-13(12-24)11-23-19(25)20-9-15-6-14-7-16(10-20)21(14,15)20/h1-3,8,13-16H,4-7,9-12,22H2,(H,23,25). The highest BCUT2D eigenvalue weighted by molar-refractivity contribution is 7.89. The van der Waals surface area contributed by atoms with Crippen LogP contribution >= 0.6 is 0 Å². The van der Waals surface area contributed by atoms with E-state index in [4.69, 9.17) is 5.73 Å². The van der Waals surface area contributed by atoms with Crippen LogP contribution in [0.5, 0.6) is 0 Å². The summed E-state index contributed by atoms with van der Waals surface area (Å²) >= 11 is 0. The van der Waals surface area contributed by atoms with Crippen molar-refractivity contribution in [3.63, 3.8) is 0 Å². The molecule has 150 valence electrons. The Kier molecular flexibility index (Phi) is 3.27. The number of amides is 1. The lowest BCUT2D eigenvalue weighted by Gasteiger charge is -2.90. The van der Waals surface area contributed by atoms with Gasteiger partial charge in [-0.1, -0.05) is 6.07 Å². The maximum absolute atomic E-state index is 13.0. The van der Waals surface area contributed by atoms with Crippen molar-refractivity contribution in [1.29, 1.82) is 0 Å². The van der Waals surface area contributed by atoms with Crippen molar-refractivity contribution >= 4 is 21.6 Å². The minimum absolute atomic E-state index is 0.0601. The van der Waals surface area contributed by atoms with Gasteiger partial charge < -0.3 is 11.1 Å². The van der Waals surface area contributed by atoms with Crippen LogP contribution in [0.25, 0.3) is 0 Å². The van der Waals surface area contributed by atoms with Crippen LogP contribution < -0.4 is 11.1 Å². The molecule has 7 heteroatoms. The van der Waals surface area contributed by atoms with Crippen molar-refractivity contribution < 1.29 is 13.2 Å². The molecule has 0 aromatic heterocycles. The predicted molar refractivity (Wildman–Crippen MR) is 105 cm³/mol. The van der Waals surface area contributed by atoms with Gasteiger partial charge in [-0.2, -0.15) is 4.31 Å². The highest BCUT2D eigenvalue weighted by Crippen LogP contribution is 2.92. The van der Waals surface area contributed by atoms with E-state index < -0.39 is 10.0 Å². The Labute approximate surface area is 165 Å². The molecule has 1 spiro atoms. The third-order valence-corrected chi connectivity index (χ3v) is 10.8. The van der Waals surface area contributed by atoms with Crippen LogP contribution in [0.15, 0.2) is 29.2 Å². The number of anilines is 1. The second-order valence-electron chi connectivity index (χ2n) is 9.79. The number of nitrogen functional groups attached to an aromatic ring is 1. The number of hydrogen-bond acceptors (Lipinski definition) is 4. The quantitative estimate of drug-likeness (QED) is 0.736. The minimum atomic E-state index is -3.52. The Morgan fingerprint density at radius 2 is 1.96 bits per heavy atom. The predicted octanol–water partition coefficient (Wildman–Crippen LogP) is 1.83. The largest absolute Gasteiger partial charge is 0.399 e. The zero-order chi connectivity index (χ0) is 19.3. The van der Waals surface area contributed by atoms with Gasteiger partial charge in [0.05, 0.1) is 10.3 Å². The molecule has 3 N–H and O–H groups in total. The molecule has 0 bridgehead atoms. The molecule has 4 saturated carbocycles. The van der Waals surface area contributed by atoms with Gasteiger partial charge in [0.15, 0.2) is 0 Å². The van der Waals surface area contributed by atoms with E-state index in [9.17, 15) is 13.2 Å². The molecule has 6 rings (SSSR count). The lowest BCUT2D eigenvalue weighted by Crippen LogP contribution is -2.88. The Morgan fingerprint density at radius 3 is 2.61 bits per heavy atom. The molecule has 3 atom stereocenters. The maximum Gasteiger partial charge on any atom is 0.243 e. The molecule has 1 aromatic carbocycles. The minimum Gasteiger partial charge on any atom is -0.399 e. The first-order chi connectivity index (χ1) is 13.4. The van der Waals surface area contributed by atoms with Gasteiger partial charge in [-0.05, 0) is 79.4 Å². The second kappa shape index (κ2) is 5.30. The lowest BCUT2D eigenvalue weighted by atomic mass is 9.13. The van der Waals surface area contributed by atoms with Crippen LogP contribution in [0.3, 0.4) is 0 Å². The lowest BCUT2D eigenvalue weighted by molar-refractivity contribution is -0.413. The zero-order valence-electron chi connectivity index (χ0n) is 15.9. The van der Waals surface area contributed by atoms with Crippen LogP contribution in [0.1, 0.15) is 32.1 Å². The summed E-state index contributed by atoms with van der Waals surface area (Å²) in [6.45, 7) is 1.54. The second-order valence-corrected chi connectivity index (χ2v) is 11.7. The number of nitrogens with two attached hydrogens (primary N) is 1. The molecule has 1 aliphatic heterocycles. The summed E-state index contributed by atoms with van der Waals surface area (Å²) < 4.78 is 27.2. The Bertz CT molecular complexity index is 949. The number of nitrogens with zero attached hydrogens (tertiary/aromatic N) is 1. The topological polar surface area (TPSA) is 92.5 Å². The van der Waals surface area contributed by atoms with E-state index in [0.29, 0.717) is 30.7 Å². The Balaban J connectivity index is 1.08. The van der Waals surface area contributed by atoms with Gasteiger partial charge >= 0.3 is 0 Å². The van der Waals surface area contributed by atoms with E-state index in [1.54, 1.807) is 18.2 Å². The molecule has 1 saturated heterocycles. The SMILES string of the molecule is Nc1cccc(S(=O)(=O)N2CCC(CNC(=O)C34CC5CC6CC(C3)C654)C2)c1. The van der Waals surface area contributed by atoms with E-state index in [-0.39, 0.29) is 22.1 Å². The monoisotopic (exact) mass is 401 g/mol. The number of rotatable bonds is 5. The molecule has 0 radical (unpaired) electrons. The molecule has 3 unspecified atom stereocenters. The first-order valence-electron chi connectivity index (χ1n) is 10.5. The number of carbonyl (C=O) groups is 1. The van der Waals surface area contributed by atoms with E-state index >= 15 is 0 Å². The summed E-state index contributed by atoms with van der Waals surface area (Å²) in [7, 11) is -3.52. The molecule has 1 heterocycles. The van der Waals surface area contributed by atoms with Gasteiger partial charge in [-0.25, -0.2) is 8.42 Å². The van der Waals surface area contributed by atoms with Gasteiger partial charge in [0, 0.05) is 25.3 Å². The van der Waals surface area contributed by atoms with Crippen LogP contribution in [-0.4, -0.2) is 38.3 Å². The smallest absolute Gasteiger partial charge is 0.243 e. The number of nitrogens with one attached hydrogen (secondary N) is 1. The summed E-state index contributed by atoms with van der Waals surface area (Å²) in [6, 6.07) is 6.45. The molecule has 4 aliphatic carbocycles. The molecule has 5 fully saturated rings. The van der Waals surface area contributed by atoms with Crippen LogP contribution in [-0.2, 0) is 14.8 Å². The highest BCUT2D eigenvalue weighted by atomic mass is 32.2. The van der Waals surface area contributed by atoms with Gasteiger partial charge in [0.2, 0.25) is 15.9 Å². The van der Waals surface area contributed by atoms with Crippen molar-refractivity contribution in [1.82, 2.24) is 9.62 Å². The summed E-state index contributed by atoms with van der Waals surface area (Å²) in [5, 5.41) is 3.21. The average molecular weight is 402 g/mol. The summed E-state index contributed by atoms with van der Waals surface area (Å²) in [6.07, 6.45) is 5.67. The Morgan fingerprint density at radius 1 is 1.21 bits per heavy atom. The fraction of sp³-hybridized carbons (Fsp3) is 0.667. The molecular formula is C21H27N3O3S. The Hall–Kier alpha value is -1.60. The molecule has 1 aromatic rings. The zero-order valence-corrected chi connectivity index (χ0v) is 16.7. The average Bonchev–Trinajstić information content (AvgIpc) is 3.07. The van der Waals surface area contributed by atoms with E-state index in [1.807, 2.05) is 0 Å². The maximum atomic E-state index is 13.0. The van der Waals surface area contributed by atoms with Crippen molar-refractivity contribution in [2.24, 2.45) is 34.5 Å². The summed E-state index contributed by atoms with van der Waals surface area (Å²) in [5.41, 5.74) is 6.53. The van der Waals surface area contributed by atoms with Crippen molar-refractivity contribution in [3.8, 4) is 0 Å². The normalized spacial score (nSPS) is 42.9. The molecular weight excluding hydrogens is 374 g/mol. The number of benzene rings is 1. The van der Waals surface area contributed by atoms with Crippen molar-refractivity contribution in [3.05, 3.63) is 24.3 Å². The van der Waals surface area contributed by atoms with Gasteiger partial charge in [0.25, 0.3) is 0 Å². The fourth-order valence-electron chi connectivity index (χ4n) is 7.73. The fourth-order valence-corrected chi connectivity index (χ4v) is 9.32. The van der Waals surface area contributed by atoms with Crippen molar-refractivity contribution in [2.75, 3.05) is 25.4 Å². The summed E-state index contributed by atoms with van der Waals surface area (Å²) in [5.74, 6) is 2.89. The van der Waals surface area contributed by atoms with Crippen LogP contribution in [0, 0.1) is 34.5 Å². The number of sulfonamides is 1. The van der Waals surface area contributed by atoms with E-state index in [2.05, 4.69) is 5.32 Å². The van der Waals surface area contributed by atoms with Crippen molar-refractivity contribution in [2.45, 2.75) is 37.0 Å². The molecule has 28 heavy (non-hydrogen) atoms.